The molecule has 0 aliphatic carbocycles. The lowest BCUT2D eigenvalue weighted by Gasteiger charge is -1.95. The van der Waals surface area contributed by atoms with Crippen LogP contribution < -0.4 is 0 Å². The van der Waals surface area contributed by atoms with Gasteiger partial charge in [0.25, 0.3) is 5.78 Å². The van der Waals surface area contributed by atoms with Gasteiger partial charge >= 0.3 is 0 Å². The highest BCUT2D eigenvalue weighted by Crippen LogP contribution is 2.19. The average molecular weight is 278 g/mol. The van der Waals surface area contributed by atoms with E-state index in [-0.39, 0.29) is 0 Å². The number of nitrogens with one attached hydrogen (secondary N) is 1. The maximum Gasteiger partial charge on any atom is 0.272 e. The highest BCUT2D eigenvalue weighted by Gasteiger charge is 2.08. The first-order valence-electron chi connectivity index (χ1n) is 4.78. The van der Waals surface area contributed by atoms with E-state index in [1.807, 2.05) is 31.2 Å². The van der Waals surface area contributed by atoms with Crippen molar-refractivity contribution in [2.75, 3.05) is 0 Å². The minimum Gasteiger partial charge on any atom is -0.272 e. The molecule has 1 aromatic carbocycles. The van der Waals surface area contributed by atoms with E-state index < -0.39 is 0 Å². The van der Waals surface area contributed by atoms with Gasteiger partial charge in [-0.2, -0.15) is 4.98 Å². The summed E-state index contributed by atoms with van der Waals surface area (Å²) in [6, 6.07) is 7.94. The van der Waals surface area contributed by atoms with E-state index in [2.05, 4.69) is 36.2 Å². The van der Waals surface area contributed by atoms with Crippen molar-refractivity contribution in [3.8, 4) is 11.4 Å². The van der Waals surface area contributed by atoms with E-state index >= 15 is 0 Å². The third kappa shape index (κ3) is 1.42. The number of rotatable bonds is 1. The number of nitrogens with zero attached hydrogens (tertiary/aromatic N) is 4. The molecule has 2 heterocycles. The third-order valence-corrected chi connectivity index (χ3v) is 2.88. The molecule has 0 saturated heterocycles. The molecule has 3 rings (SSSR count). The van der Waals surface area contributed by atoms with Gasteiger partial charge in [0.2, 0.25) is 0 Å². The van der Waals surface area contributed by atoms with Crippen LogP contribution in [0.25, 0.3) is 17.2 Å². The summed E-state index contributed by atoms with van der Waals surface area (Å²) in [6.45, 7) is 1.88. The van der Waals surface area contributed by atoms with Crippen LogP contribution in [0.5, 0.6) is 0 Å². The normalized spacial score (nSPS) is 11.1. The summed E-state index contributed by atoms with van der Waals surface area (Å²) in [5.41, 5.74) is 1.02. The average Bonchev–Trinajstić information content (AvgIpc) is 2.83. The molecule has 0 atom stereocenters. The fraction of sp³-hybridized carbons (Fsp3) is 0.100. The zero-order valence-corrected chi connectivity index (χ0v) is 10.1. The lowest BCUT2D eigenvalue weighted by molar-refractivity contribution is 0.896. The van der Waals surface area contributed by atoms with E-state index in [1.54, 1.807) is 4.52 Å². The van der Waals surface area contributed by atoms with Crippen molar-refractivity contribution < 1.29 is 0 Å². The lowest BCUT2D eigenvalue weighted by Crippen LogP contribution is -1.88. The van der Waals surface area contributed by atoms with Gasteiger partial charge in [-0.3, -0.25) is 5.10 Å². The summed E-state index contributed by atoms with van der Waals surface area (Å²) >= 11 is 3.40. The predicted octanol–water partition coefficient (Wildman–Crippen LogP) is 2.19. The highest BCUT2D eigenvalue weighted by molar-refractivity contribution is 9.10. The molecule has 0 aliphatic heterocycles. The Morgan fingerprint density at radius 3 is 2.62 bits per heavy atom. The summed E-state index contributed by atoms with van der Waals surface area (Å²) in [7, 11) is 0. The first-order chi connectivity index (χ1) is 7.74. The smallest absolute Gasteiger partial charge is 0.272 e. The Morgan fingerprint density at radius 2 is 1.94 bits per heavy atom. The second-order valence-electron chi connectivity index (χ2n) is 3.46. The first kappa shape index (κ1) is 9.53. The predicted molar refractivity (Wildman–Crippen MR) is 63.0 cm³/mol. The van der Waals surface area contributed by atoms with Crippen LogP contribution in [0.4, 0.5) is 0 Å². The molecular weight excluding hydrogens is 270 g/mol. The van der Waals surface area contributed by atoms with Crippen molar-refractivity contribution in [2.24, 2.45) is 0 Å². The molecule has 3 aromatic rings. The Labute approximate surface area is 99.6 Å². The van der Waals surface area contributed by atoms with Crippen LogP contribution in [-0.4, -0.2) is 24.8 Å². The van der Waals surface area contributed by atoms with Crippen molar-refractivity contribution in [3.05, 3.63) is 34.6 Å². The van der Waals surface area contributed by atoms with E-state index in [0.29, 0.717) is 5.78 Å². The zero-order chi connectivity index (χ0) is 11.1. The number of aromatic nitrogens is 5. The number of halogens is 1. The summed E-state index contributed by atoms with van der Waals surface area (Å²) in [5.74, 6) is 2.18. The van der Waals surface area contributed by atoms with Gasteiger partial charge in [-0.05, 0) is 19.1 Å². The van der Waals surface area contributed by atoms with Crippen LogP contribution in [0.3, 0.4) is 0 Å². The van der Waals surface area contributed by atoms with Crippen LogP contribution in [-0.2, 0) is 0 Å². The van der Waals surface area contributed by atoms with Gasteiger partial charge in [-0.1, -0.05) is 28.1 Å². The van der Waals surface area contributed by atoms with E-state index in [1.165, 1.54) is 0 Å². The second kappa shape index (κ2) is 3.41. The van der Waals surface area contributed by atoms with Gasteiger partial charge in [0.05, 0.1) is 0 Å². The summed E-state index contributed by atoms with van der Waals surface area (Å²) in [5, 5.41) is 11.0. The topological polar surface area (TPSA) is 58.9 Å². The van der Waals surface area contributed by atoms with Gasteiger partial charge in [0.15, 0.2) is 11.6 Å². The van der Waals surface area contributed by atoms with Gasteiger partial charge in [0.1, 0.15) is 0 Å². The summed E-state index contributed by atoms with van der Waals surface area (Å²) in [6.07, 6.45) is 0. The highest BCUT2D eigenvalue weighted by atomic mass is 79.9. The third-order valence-electron chi connectivity index (χ3n) is 2.35. The fourth-order valence-electron chi connectivity index (χ4n) is 1.52. The Morgan fingerprint density at radius 1 is 1.19 bits per heavy atom. The molecule has 0 aliphatic rings. The summed E-state index contributed by atoms with van der Waals surface area (Å²) in [4.78, 5) is 4.35. The van der Waals surface area contributed by atoms with Crippen molar-refractivity contribution >= 4 is 21.7 Å². The van der Waals surface area contributed by atoms with Gasteiger partial charge in [0, 0.05) is 10.0 Å². The molecule has 0 fully saturated rings. The quantitative estimate of drug-likeness (QED) is 0.742. The van der Waals surface area contributed by atoms with Crippen molar-refractivity contribution in [3.63, 3.8) is 0 Å². The van der Waals surface area contributed by atoms with Crippen LogP contribution >= 0.6 is 15.9 Å². The monoisotopic (exact) mass is 277 g/mol. The Balaban J connectivity index is 2.15. The minimum atomic E-state index is 0.593. The van der Waals surface area contributed by atoms with Crippen molar-refractivity contribution in [2.45, 2.75) is 6.92 Å². The Bertz CT molecular complexity index is 637. The standard InChI is InChI=1S/C10H8BrN5/c1-6-13-14-10-12-9(15-16(6)10)7-2-4-8(11)5-3-7/h2-5H,1H3,(H,12,14,15). The molecule has 5 nitrogen and oxygen atoms in total. The number of H-pyrrole nitrogens is 1. The molecule has 16 heavy (non-hydrogen) atoms. The molecule has 2 aromatic heterocycles. The lowest BCUT2D eigenvalue weighted by atomic mass is 10.2. The number of aromatic amines is 1. The maximum atomic E-state index is 4.35. The Kier molecular flexibility index (Phi) is 2.03. The SMILES string of the molecule is Cc1nnc2nc(-c3ccc(Br)cc3)[nH]n12. The van der Waals surface area contributed by atoms with Crippen LogP contribution in [0, 0.1) is 6.92 Å². The van der Waals surface area contributed by atoms with Crippen molar-refractivity contribution in [1.29, 1.82) is 0 Å². The molecule has 6 heteroatoms. The number of hydrogen-bond acceptors (Lipinski definition) is 3. The fourth-order valence-corrected chi connectivity index (χ4v) is 1.79. The molecule has 0 radical (unpaired) electrons. The van der Waals surface area contributed by atoms with Crippen LogP contribution in [0.15, 0.2) is 28.7 Å². The summed E-state index contributed by atoms with van der Waals surface area (Å²) < 4.78 is 2.81. The van der Waals surface area contributed by atoms with E-state index in [9.17, 15) is 0 Å². The first-order valence-corrected chi connectivity index (χ1v) is 5.57. The number of hydrogen-bond donors (Lipinski definition) is 1. The molecule has 0 amide bonds. The van der Waals surface area contributed by atoms with Crippen LogP contribution in [0.1, 0.15) is 5.82 Å². The second-order valence-corrected chi connectivity index (χ2v) is 4.38. The van der Waals surface area contributed by atoms with Crippen LogP contribution in [0.2, 0.25) is 0 Å². The minimum absolute atomic E-state index is 0.593. The maximum absolute atomic E-state index is 4.35. The molecule has 80 valence electrons. The number of aryl methyl sites for hydroxylation is 1. The van der Waals surface area contributed by atoms with Gasteiger partial charge in [-0.15, -0.1) is 10.2 Å². The van der Waals surface area contributed by atoms with E-state index in [4.69, 9.17) is 0 Å². The molecule has 1 N–H and O–H groups in total. The number of benzene rings is 1. The van der Waals surface area contributed by atoms with Gasteiger partial charge in [-0.25, -0.2) is 4.52 Å². The molecule has 0 bridgehead atoms. The van der Waals surface area contributed by atoms with Gasteiger partial charge < -0.3 is 0 Å². The molecule has 0 unspecified atom stereocenters. The molecule has 0 spiro atoms. The molecule has 0 saturated carbocycles. The largest absolute Gasteiger partial charge is 0.272 e. The molecular formula is C10H8BrN5. The van der Waals surface area contributed by atoms with E-state index in [0.717, 1.165) is 21.7 Å². The van der Waals surface area contributed by atoms with Crippen molar-refractivity contribution in [1.82, 2.24) is 24.8 Å². The zero-order valence-electron chi connectivity index (χ0n) is 8.48. The Hall–Kier alpha value is -1.69. The number of fused-ring (bicyclic) bond motifs is 1.